The Morgan fingerprint density at radius 1 is 1.57 bits per heavy atom. The zero-order chi connectivity index (χ0) is 10.6. The maximum absolute atomic E-state index is 10.9. The van der Waals surface area contributed by atoms with Crippen molar-refractivity contribution in [3.63, 3.8) is 0 Å². The van der Waals surface area contributed by atoms with E-state index in [1.807, 2.05) is 6.20 Å². The molecule has 0 N–H and O–H groups in total. The fourth-order valence-electron chi connectivity index (χ4n) is 1.99. The molecule has 0 aromatic carbocycles. The number of hydrogen-bond donors (Lipinski definition) is 0. The van der Waals surface area contributed by atoms with Gasteiger partial charge in [-0.1, -0.05) is 6.92 Å². The van der Waals surface area contributed by atoms with Crippen molar-refractivity contribution >= 4 is 5.97 Å². The van der Waals surface area contributed by atoms with Gasteiger partial charge in [0.05, 0.1) is 7.11 Å². The molecule has 1 fully saturated rings. The highest BCUT2D eigenvalue weighted by Gasteiger charge is 2.26. The van der Waals surface area contributed by atoms with Crippen molar-refractivity contribution in [3.8, 4) is 0 Å². The van der Waals surface area contributed by atoms with Crippen LogP contribution in [-0.2, 0) is 9.53 Å². The molecule has 0 aromatic rings. The van der Waals surface area contributed by atoms with Crippen molar-refractivity contribution < 1.29 is 9.53 Å². The first kappa shape index (κ1) is 11.1. The number of ether oxygens (including phenoxy) is 1. The van der Waals surface area contributed by atoms with E-state index >= 15 is 0 Å². The molecular formula is C11H19NO2. The van der Waals surface area contributed by atoms with Crippen molar-refractivity contribution in [1.29, 1.82) is 0 Å². The SMILES string of the molecule is CCC1CCC(C)N1/C=C/C(=O)OC. The van der Waals surface area contributed by atoms with Crippen LogP contribution in [0.4, 0.5) is 0 Å². The zero-order valence-corrected chi connectivity index (χ0v) is 9.19. The van der Waals surface area contributed by atoms with Crippen molar-refractivity contribution in [2.75, 3.05) is 7.11 Å². The first-order valence-electron chi connectivity index (χ1n) is 5.22. The molecule has 0 aliphatic carbocycles. The van der Waals surface area contributed by atoms with Gasteiger partial charge in [-0.05, 0) is 26.2 Å². The van der Waals surface area contributed by atoms with Crippen LogP contribution >= 0.6 is 0 Å². The van der Waals surface area contributed by atoms with Crippen LogP contribution in [0.1, 0.15) is 33.1 Å². The van der Waals surface area contributed by atoms with Gasteiger partial charge < -0.3 is 9.64 Å². The molecule has 1 aliphatic heterocycles. The highest BCUT2D eigenvalue weighted by Crippen LogP contribution is 2.25. The Bertz CT molecular complexity index is 225. The van der Waals surface area contributed by atoms with Crippen LogP contribution in [0.25, 0.3) is 0 Å². The van der Waals surface area contributed by atoms with Gasteiger partial charge in [0.1, 0.15) is 0 Å². The smallest absolute Gasteiger partial charge is 0.331 e. The minimum Gasteiger partial charge on any atom is -0.466 e. The normalized spacial score (nSPS) is 27.2. The van der Waals surface area contributed by atoms with Crippen LogP contribution in [0.2, 0.25) is 0 Å². The van der Waals surface area contributed by atoms with Gasteiger partial charge in [0.2, 0.25) is 0 Å². The third kappa shape index (κ3) is 2.50. The number of esters is 1. The minimum atomic E-state index is -0.279. The summed E-state index contributed by atoms with van der Waals surface area (Å²) in [6.07, 6.45) is 6.95. The second kappa shape index (κ2) is 5.03. The van der Waals surface area contributed by atoms with Crippen LogP contribution in [0, 0.1) is 0 Å². The molecule has 2 atom stereocenters. The van der Waals surface area contributed by atoms with E-state index in [2.05, 4.69) is 23.5 Å². The van der Waals surface area contributed by atoms with Crippen LogP contribution in [-0.4, -0.2) is 30.1 Å². The molecule has 0 amide bonds. The predicted molar refractivity (Wildman–Crippen MR) is 55.8 cm³/mol. The minimum absolute atomic E-state index is 0.279. The van der Waals surface area contributed by atoms with Gasteiger partial charge in [0.25, 0.3) is 0 Å². The molecular weight excluding hydrogens is 178 g/mol. The Labute approximate surface area is 85.7 Å². The monoisotopic (exact) mass is 197 g/mol. The van der Waals surface area contributed by atoms with Gasteiger partial charge in [0, 0.05) is 24.4 Å². The highest BCUT2D eigenvalue weighted by molar-refractivity contribution is 5.81. The second-order valence-electron chi connectivity index (χ2n) is 3.77. The Balaban J connectivity index is 2.56. The summed E-state index contributed by atoms with van der Waals surface area (Å²) in [5.41, 5.74) is 0. The Kier molecular flexibility index (Phi) is 3.98. The summed E-state index contributed by atoms with van der Waals surface area (Å²) in [5, 5.41) is 0. The lowest BCUT2D eigenvalue weighted by molar-refractivity contribution is -0.134. The van der Waals surface area contributed by atoms with Crippen LogP contribution < -0.4 is 0 Å². The third-order valence-corrected chi connectivity index (χ3v) is 2.90. The lowest BCUT2D eigenvalue weighted by Crippen LogP contribution is -2.29. The molecule has 0 aromatic heterocycles. The average molecular weight is 197 g/mol. The van der Waals surface area contributed by atoms with Crippen LogP contribution in [0.3, 0.4) is 0 Å². The van der Waals surface area contributed by atoms with E-state index in [1.165, 1.54) is 26.0 Å². The molecule has 1 saturated heterocycles. The van der Waals surface area contributed by atoms with Crippen molar-refractivity contribution in [3.05, 3.63) is 12.3 Å². The maximum atomic E-state index is 10.9. The second-order valence-corrected chi connectivity index (χ2v) is 3.77. The van der Waals surface area contributed by atoms with E-state index < -0.39 is 0 Å². The fraction of sp³-hybridized carbons (Fsp3) is 0.727. The van der Waals surface area contributed by atoms with E-state index in [4.69, 9.17) is 0 Å². The Morgan fingerprint density at radius 2 is 2.29 bits per heavy atom. The molecule has 3 nitrogen and oxygen atoms in total. The summed E-state index contributed by atoms with van der Waals surface area (Å²) in [4.78, 5) is 13.2. The van der Waals surface area contributed by atoms with E-state index in [0.717, 1.165) is 6.42 Å². The summed E-state index contributed by atoms with van der Waals surface area (Å²) < 4.78 is 4.56. The van der Waals surface area contributed by atoms with E-state index in [1.54, 1.807) is 0 Å². The van der Waals surface area contributed by atoms with Crippen LogP contribution in [0.5, 0.6) is 0 Å². The lowest BCUT2D eigenvalue weighted by Gasteiger charge is -2.25. The zero-order valence-electron chi connectivity index (χ0n) is 9.19. The first-order valence-corrected chi connectivity index (χ1v) is 5.22. The number of hydrogen-bond acceptors (Lipinski definition) is 3. The van der Waals surface area contributed by atoms with E-state index in [0.29, 0.717) is 12.1 Å². The number of carbonyl (C=O) groups is 1. The average Bonchev–Trinajstić information content (AvgIpc) is 2.55. The molecule has 0 saturated carbocycles. The van der Waals surface area contributed by atoms with Crippen molar-refractivity contribution in [2.24, 2.45) is 0 Å². The van der Waals surface area contributed by atoms with Gasteiger partial charge >= 0.3 is 5.97 Å². The molecule has 0 bridgehead atoms. The third-order valence-electron chi connectivity index (χ3n) is 2.90. The van der Waals surface area contributed by atoms with Crippen LogP contribution in [0.15, 0.2) is 12.3 Å². The molecule has 0 spiro atoms. The lowest BCUT2D eigenvalue weighted by atomic mass is 10.2. The highest BCUT2D eigenvalue weighted by atomic mass is 16.5. The van der Waals surface area contributed by atoms with Gasteiger partial charge in [-0.3, -0.25) is 0 Å². The number of rotatable bonds is 3. The quantitative estimate of drug-likeness (QED) is 0.511. The number of methoxy groups -OCH3 is 1. The summed E-state index contributed by atoms with van der Waals surface area (Å²) in [5.74, 6) is -0.279. The molecule has 3 heteroatoms. The molecule has 1 rings (SSSR count). The number of carbonyl (C=O) groups excluding carboxylic acids is 1. The molecule has 80 valence electrons. The number of nitrogens with zero attached hydrogens (tertiary/aromatic N) is 1. The first-order chi connectivity index (χ1) is 6.69. The maximum Gasteiger partial charge on any atom is 0.331 e. The standard InChI is InChI=1S/C11H19NO2/c1-4-10-6-5-9(2)12(10)8-7-11(13)14-3/h7-10H,4-6H2,1-3H3/b8-7+. The summed E-state index contributed by atoms with van der Waals surface area (Å²) in [6, 6.07) is 1.13. The van der Waals surface area contributed by atoms with E-state index in [-0.39, 0.29) is 5.97 Å². The molecule has 2 unspecified atom stereocenters. The van der Waals surface area contributed by atoms with Crippen molar-refractivity contribution in [1.82, 2.24) is 4.90 Å². The van der Waals surface area contributed by atoms with Gasteiger partial charge in [-0.25, -0.2) is 4.79 Å². The predicted octanol–water partition coefficient (Wildman–Crippen LogP) is 1.94. The van der Waals surface area contributed by atoms with E-state index in [9.17, 15) is 4.79 Å². The van der Waals surface area contributed by atoms with Gasteiger partial charge in [0.15, 0.2) is 0 Å². The summed E-state index contributed by atoms with van der Waals surface area (Å²) in [6.45, 7) is 4.37. The van der Waals surface area contributed by atoms with Gasteiger partial charge in [-0.2, -0.15) is 0 Å². The van der Waals surface area contributed by atoms with Crippen molar-refractivity contribution in [2.45, 2.75) is 45.2 Å². The molecule has 14 heavy (non-hydrogen) atoms. The number of likely N-dealkylation sites (tertiary alicyclic amines) is 1. The fourth-order valence-corrected chi connectivity index (χ4v) is 1.99. The Hall–Kier alpha value is -0.990. The Morgan fingerprint density at radius 3 is 2.86 bits per heavy atom. The molecule has 0 radical (unpaired) electrons. The summed E-state index contributed by atoms with van der Waals surface area (Å²) in [7, 11) is 1.40. The summed E-state index contributed by atoms with van der Waals surface area (Å²) >= 11 is 0. The largest absolute Gasteiger partial charge is 0.466 e. The van der Waals surface area contributed by atoms with Gasteiger partial charge in [-0.15, -0.1) is 0 Å². The molecule has 1 heterocycles. The topological polar surface area (TPSA) is 29.5 Å². The molecule has 1 aliphatic rings.